The lowest BCUT2D eigenvalue weighted by Gasteiger charge is -2.16. The number of aliphatic hydroxyl groups excluding tert-OH is 1. The van der Waals surface area contributed by atoms with Crippen molar-refractivity contribution in [2.45, 2.75) is 18.3 Å². The molecule has 8 nitrogen and oxygen atoms in total. The van der Waals surface area contributed by atoms with Gasteiger partial charge in [0.05, 0.1) is 12.0 Å². The summed E-state index contributed by atoms with van der Waals surface area (Å²) in [5, 5.41) is 15.3. The van der Waals surface area contributed by atoms with E-state index >= 15 is 0 Å². The van der Waals surface area contributed by atoms with E-state index in [1.54, 1.807) is 6.07 Å². The molecule has 4 N–H and O–H groups in total. The molecule has 2 amide bonds. The molecule has 1 saturated carbocycles. The van der Waals surface area contributed by atoms with Crippen molar-refractivity contribution >= 4 is 28.4 Å². The van der Waals surface area contributed by atoms with Gasteiger partial charge in [-0.1, -0.05) is 6.07 Å². The van der Waals surface area contributed by atoms with Crippen molar-refractivity contribution in [3.05, 3.63) is 53.7 Å². The molecule has 1 aliphatic heterocycles. The normalized spacial score (nSPS) is 15.8. The van der Waals surface area contributed by atoms with Gasteiger partial charge in [0, 0.05) is 27.4 Å². The van der Waals surface area contributed by atoms with Crippen molar-refractivity contribution < 1.29 is 28.4 Å². The molecule has 3 aromatic rings. The number of hydrogen-bond acceptors (Lipinski definition) is 5. The van der Waals surface area contributed by atoms with Gasteiger partial charge in [-0.25, -0.2) is 0 Å². The third-order valence-corrected chi connectivity index (χ3v) is 5.63. The number of carbonyl (C=O) groups excluding carboxylic acids is 2. The monoisotopic (exact) mass is 413 g/mol. The summed E-state index contributed by atoms with van der Waals surface area (Å²) < 4.78 is 10.8. The van der Waals surface area contributed by atoms with E-state index in [1.165, 1.54) is 0 Å². The molecule has 5 rings (SSSR count). The van der Waals surface area contributed by atoms with E-state index < -0.39 is 5.41 Å². The minimum atomic E-state index is -0.552. The number of aliphatic hydroxyl groups is 1. The van der Waals surface area contributed by atoms with E-state index in [0.717, 1.165) is 29.3 Å². The van der Waals surface area contributed by atoms with Gasteiger partial charge in [0.1, 0.15) is 5.69 Å². The van der Waals surface area contributed by atoms with E-state index in [9.17, 15) is 9.59 Å². The first kappa shape index (κ1) is 18.5. The summed E-state index contributed by atoms with van der Waals surface area (Å²) in [6.45, 7) is 0.277. The predicted octanol–water partition coefficient (Wildman–Crippen LogP) is 3.03. The topological polar surface area (TPSA) is 113 Å². The van der Waals surface area contributed by atoms with Crippen molar-refractivity contribution in [1.82, 2.24) is 10.3 Å². The van der Waals surface area contributed by atoms with E-state index in [1.807, 2.05) is 36.4 Å². The van der Waals surface area contributed by atoms with Crippen LogP contribution >= 0.6 is 0 Å². The number of amides is 2. The highest BCUT2D eigenvalue weighted by molar-refractivity contribution is 6.03. The molecule has 8 heteroatoms. The van der Waals surface area contributed by atoms with Crippen molar-refractivity contribution in [2.24, 2.45) is 0 Å². The lowest BCUT2D eigenvalue weighted by molar-refractivity contribution is -0.118. The van der Waals surface area contributed by atoms with Crippen molar-refractivity contribution in [3.8, 4) is 11.5 Å². The second kappa shape index (κ2) is 7.07. The number of aromatic amines is 1. The van der Waals surface area contributed by atoms with Crippen LogP contribution in [0.25, 0.3) is 10.9 Å². The number of fused-ring (bicyclic) bond motifs is 2. The van der Waals surface area contributed by atoms with Crippen LogP contribution in [0.15, 0.2) is 42.5 Å². The Hall–Kier alpha value is -3.52. The molecule has 0 radical (unpaired) electrons. The average molecular weight is 413 g/mol. The summed E-state index contributed by atoms with van der Waals surface area (Å²) in [6, 6.07) is 12.9. The lowest BCUT2D eigenvalue weighted by atomic mass is 9.94. The van der Waals surface area contributed by atoms with Crippen LogP contribution in [0, 0.1) is 0 Å². The maximum absolute atomic E-state index is 13.1. The summed E-state index contributed by atoms with van der Waals surface area (Å²) in [7, 11) is 0. The first-order chi connectivity index (χ1) is 14.6. The first-order valence-corrected chi connectivity index (χ1v) is 9.82. The van der Waals surface area contributed by atoms with Crippen molar-refractivity contribution in [2.75, 3.05) is 25.3 Å². The minimum absolute atomic E-state index is 0. The number of ether oxygens (including phenoxy) is 2. The van der Waals surface area contributed by atoms with Gasteiger partial charge in [-0.3, -0.25) is 9.59 Å². The number of aromatic nitrogens is 1. The summed E-state index contributed by atoms with van der Waals surface area (Å²) in [5.74, 6) is 1.03. The average Bonchev–Trinajstić information content (AvgIpc) is 3.24. The Morgan fingerprint density at radius 1 is 1.10 bits per heavy atom. The number of hydrogen-bond donors (Lipinski definition) is 4. The highest BCUT2D eigenvalue weighted by atomic mass is 16.7. The molecule has 0 saturated heterocycles. The molecular formula is C22H27N3O5. The zero-order valence-electron chi connectivity index (χ0n) is 16.2. The van der Waals surface area contributed by atoms with Gasteiger partial charge in [0.25, 0.3) is 5.91 Å². The fourth-order valence-corrected chi connectivity index (χ4v) is 3.81. The van der Waals surface area contributed by atoms with Gasteiger partial charge in [-0.05, 0) is 54.8 Å². The zero-order valence-corrected chi connectivity index (χ0v) is 16.2. The molecule has 1 fully saturated rings. The number of rotatable bonds is 6. The fourth-order valence-electron chi connectivity index (χ4n) is 3.81. The van der Waals surface area contributed by atoms with E-state index in [-0.39, 0.29) is 36.0 Å². The third kappa shape index (κ3) is 3.15. The Bertz CT molecular complexity index is 1160. The number of nitrogens with one attached hydrogen (secondary N) is 3. The van der Waals surface area contributed by atoms with Crippen LogP contribution in [-0.4, -0.2) is 41.8 Å². The Labute approximate surface area is 176 Å². The first-order valence-electron chi connectivity index (χ1n) is 9.82. The summed E-state index contributed by atoms with van der Waals surface area (Å²) in [4.78, 5) is 28.2. The summed E-state index contributed by atoms with van der Waals surface area (Å²) in [5.41, 5.74) is 2.24. The second-order valence-corrected chi connectivity index (χ2v) is 7.57. The maximum Gasteiger partial charge on any atom is 0.267 e. The van der Waals surface area contributed by atoms with Gasteiger partial charge >= 0.3 is 0 Å². The minimum Gasteiger partial charge on any atom is -0.454 e. The molecule has 0 unspecified atom stereocenters. The Morgan fingerprint density at radius 2 is 1.93 bits per heavy atom. The quantitative estimate of drug-likeness (QED) is 0.496. The summed E-state index contributed by atoms with van der Waals surface area (Å²) in [6.07, 6.45) is 1.56. The maximum atomic E-state index is 13.1. The molecule has 2 aromatic carbocycles. The molecule has 0 spiro atoms. The van der Waals surface area contributed by atoms with Crippen LogP contribution < -0.4 is 20.1 Å². The Balaban J connectivity index is 0.00000128. The van der Waals surface area contributed by atoms with Crippen LogP contribution in [0.5, 0.6) is 11.5 Å². The number of anilines is 1. The molecule has 1 aromatic heterocycles. The lowest BCUT2D eigenvalue weighted by Crippen LogP contribution is -2.27. The number of H-pyrrole nitrogens is 1. The van der Waals surface area contributed by atoms with Crippen LogP contribution in [0.1, 0.15) is 33.2 Å². The third-order valence-electron chi connectivity index (χ3n) is 5.63. The van der Waals surface area contributed by atoms with E-state index in [4.69, 9.17) is 14.6 Å². The van der Waals surface area contributed by atoms with Crippen molar-refractivity contribution in [1.29, 1.82) is 0 Å². The molecule has 2 aliphatic rings. The SMILES string of the molecule is O=C(NCCO)c1cc2cc(NC(=O)C3(c4ccc5c(c4)OCO5)CC3)ccc2[nH]1.[HH].[HH].[HH]. The van der Waals surface area contributed by atoms with Gasteiger partial charge in [0.15, 0.2) is 11.5 Å². The smallest absolute Gasteiger partial charge is 0.267 e. The van der Waals surface area contributed by atoms with E-state index in [0.29, 0.717) is 22.9 Å². The highest BCUT2D eigenvalue weighted by Gasteiger charge is 2.51. The summed E-state index contributed by atoms with van der Waals surface area (Å²) >= 11 is 0. The van der Waals surface area contributed by atoms with Crippen LogP contribution in [0.3, 0.4) is 0 Å². The molecular weight excluding hydrogens is 386 g/mol. The number of benzene rings is 2. The van der Waals surface area contributed by atoms with Gasteiger partial charge in [0.2, 0.25) is 12.7 Å². The van der Waals surface area contributed by atoms with Crippen LogP contribution in [0.4, 0.5) is 5.69 Å². The molecule has 160 valence electrons. The Morgan fingerprint density at radius 3 is 2.73 bits per heavy atom. The van der Waals surface area contributed by atoms with Gasteiger partial charge in [-0.15, -0.1) is 0 Å². The van der Waals surface area contributed by atoms with Crippen molar-refractivity contribution in [3.63, 3.8) is 0 Å². The van der Waals surface area contributed by atoms with Crippen LogP contribution in [0.2, 0.25) is 0 Å². The second-order valence-electron chi connectivity index (χ2n) is 7.57. The van der Waals surface area contributed by atoms with Crippen LogP contribution in [-0.2, 0) is 10.2 Å². The zero-order chi connectivity index (χ0) is 20.7. The molecule has 1 aliphatic carbocycles. The molecule has 0 atom stereocenters. The van der Waals surface area contributed by atoms with E-state index in [2.05, 4.69) is 15.6 Å². The number of carbonyl (C=O) groups is 2. The largest absolute Gasteiger partial charge is 0.454 e. The molecule has 0 bridgehead atoms. The highest BCUT2D eigenvalue weighted by Crippen LogP contribution is 2.51. The fraction of sp³-hybridized carbons (Fsp3) is 0.273. The standard InChI is InChI=1S/C22H21N3O5.3H2/c26-8-7-23-20(27)17-10-13-9-15(2-3-16(13)25-17)24-21(28)22(5-6-22)14-1-4-18-19(11-14)30-12-29-18;;;/h1-4,9-11,25-26H,5-8,12H2,(H,23,27)(H,24,28);3*1H. The predicted molar refractivity (Wildman–Crippen MR) is 116 cm³/mol. The van der Waals surface area contributed by atoms with Gasteiger partial charge in [-0.2, -0.15) is 0 Å². The molecule has 30 heavy (non-hydrogen) atoms. The molecule has 2 heterocycles. The Kier molecular flexibility index (Phi) is 4.36. The van der Waals surface area contributed by atoms with Gasteiger partial charge < -0.3 is 30.2 Å².